The first-order valence-corrected chi connectivity index (χ1v) is 8.20. The van der Waals surface area contributed by atoms with Gasteiger partial charge in [-0.15, -0.1) is 0 Å². The van der Waals surface area contributed by atoms with Crippen LogP contribution in [0.3, 0.4) is 0 Å². The van der Waals surface area contributed by atoms with Gasteiger partial charge in [-0.3, -0.25) is 9.80 Å². The second-order valence-electron chi connectivity index (χ2n) is 6.42. The molecule has 0 aromatic heterocycles. The van der Waals surface area contributed by atoms with Gasteiger partial charge in [0.15, 0.2) is 0 Å². The molecule has 5 nitrogen and oxygen atoms in total. The molecule has 1 aromatic rings. The molecule has 2 aliphatic rings. The van der Waals surface area contributed by atoms with Gasteiger partial charge >= 0.3 is 6.09 Å². The van der Waals surface area contributed by atoms with Crippen LogP contribution in [0.4, 0.5) is 4.79 Å². The Morgan fingerprint density at radius 3 is 2.55 bits per heavy atom. The van der Waals surface area contributed by atoms with E-state index in [4.69, 9.17) is 5.11 Å². The summed E-state index contributed by atoms with van der Waals surface area (Å²) in [6, 6.07) is 11.4. The fourth-order valence-electron chi connectivity index (χ4n) is 3.70. The molecule has 0 radical (unpaired) electrons. The Balaban J connectivity index is 1.43. The molecule has 2 fully saturated rings. The zero-order valence-electron chi connectivity index (χ0n) is 12.9. The Kier molecular flexibility index (Phi) is 4.95. The monoisotopic (exact) mass is 303 g/mol. The smallest absolute Gasteiger partial charge is 0.404 e. The average molecular weight is 303 g/mol. The van der Waals surface area contributed by atoms with Crippen molar-refractivity contribution < 1.29 is 9.90 Å². The summed E-state index contributed by atoms with van der Waals surface area (Å²) >= 11 is 0. The van der Waals surface area contributed by atoms with Crippen LogP contribution in [0.25, 0.3) is 0 Å². The molecule has 0 spiro atoms. The van der Waals surface area contributed by atoms with E-state index < -0.39 is 6.09 Å². The summed E-state index contributed by atoms with van der Waals surface area (Å²) in [5, 5.41) is 11.4. The minimum Gasteiger partial charge on any atom is -0.465 e. The van der Waals surface area contributed by atoms with E-state index in [9.17, 15) is 4.79 Å². The van der Waals surface area contributed by atoms with Gasteiger partial charge in [0.1, 0.15) is 0 Å². The maximum Gasteiger partial charge on any atom is 0.404 e. The number of carbonyl (C=O) groups is 1. The normalized spacial score (nSPS) is 24.5. The van der Waals surface area contributed by atoms with Crippen LogP contribution in [0.2, 0.25) is 0 Å². The van der Waals surface area contributed by atoms with Crippen LogP contribution in [-0.2, 0) is 6.54 Å². The fourth-order valence-corrected chi connectivity index (χ4v) is 3.70. The lowest BCUT2D eigenvalue weighted by Gasteiger charge is -2.36. The van der Waals surface area contributed by atoms with E-state index in [2.05, 4.69) is 45.4 Å². The van der Waals surface area contributed by atoms with Gasteiger partial charge in [0.2, 0.25) is 0 Å². The lowest BCUT2D eigenvalue weighted by atomic mass is 10.0. The fraction of sp³-hybridized carbons (Fsp3) is 0.588. The molecule has 2 saturated heterocycles. The quantitative estimate of drug-likeness (QED) is 0.893. The minimum absolute atomic E-state index is 0.111. The highest BCUT2D eigenvalue weighted by Crippen LogP contribution is 2.22. The van der Waals surface area contributed by atoms with Crippen LogP contribution in [0.1, 0.15) is 24.8 Å². The summed E-state index contributed by atoms with van der Waals surface area (Å²) in [6.45, 7) is 5.20. The van der Waals surface area contributed by atoms with Crippen molar-refractivity contribution in [2.24, 2.45) is 0 Å². The van der Waals surface area contributed by atoms with Crippen molar-refractivity contribution in [3.8, 4) is 0 Å². The van der Waals surface area contributed by atoms with Crippen LogP contribution in [0.15, 0.2) is 30.3 Å². The van der Waals surface area contributed by atoms with Crippen LogP contribution < -0.4 is 5.32 Å². The second kappa shape index (κ2) is 7.11. The zero-order valence-corrected chi connectivity index (χ0v) is 12.9. The maximum absolute atomic E-state index is 10.7. The van der Waals surface area contributed by atoms with Crippen LogP contribution in [0, 0.1) is 0 Å². The average Bonchev–Trinajstić information content (AvgIpc) is 2.97. The number of benzene rings is 1. The van der Waals surface area contributed by atoms with Crippen LogP contribution >= 0.6 is 0 Å². The molecule has 1 unspecified atom stereocenters. The Morgan fingerprint density at radius 1 is 1.14 bits per heavy atom. The van der Waals surface area contributed by atoms with E-state index in [1.807, 2.05) is 0 Å². The molecule has 5 heteroatoms. The van der Waals surface area contributed by atoms with Crippen molar-refractivity contribution in [1.29, 1.82) is 0 Å². The Bertz CT molecular complexity index is 486. The number of hydrogen-bond donors (Lipinski definition) is 2. The standard InChI is InChI=1S/C17H25N3O2/c21-17(22)18-15-6-11-20(13-15)16-7-9-19(10-8-16)12-14-4-2-1-3-5-14/h1-5,15-16,18H,6-13H2,(H,21,22). The molecule has 0 bridgehead atoms. The lowest BCUT2D eigenvalue weighted by molar-refractivity contribution is 0.120. The summed E-state index contributed by atoms with van der Waals surface area (Å²) in [6.07, 6.45) is 2.42. The molecule has 2 heterocycles. The molecule has 22 heavy (non-hydrogen) atoms. The maximum atomic E-state index is 10.7. The number of amides is 1. The Morgan fingerprint density at radius 2 is 1.86 bits per heavy atom. The second-order valence-corrected chi connectivity index (χ2v) is 6.42. The molecule has 120 valence electrons. The van der Waals surface area contributed by atoms with E-state index in [1.165, 1.54) is 18.4 Å². The molecule has 2 aliphatic heterocycles. The number of nitrogens with zero attached hydrogens (tertiary/aromatic N) is 2. The molecule has 2 N–H and O–H groups in total. The van der Waals surface area contributed by atoms with E-state index in [0.717, 1.165) is 39.1 Å². The van der Waals surface area contributed by atoms with E-state index >= 15 is 0 Å². The third-order valence-corrected chi connectivity index (χ3v) is 4.87. The first-order chi connectivity index (χ1) is 10.7. The van der Waals surface area contributed by atoms with Crippen LogP contribution in [-0.4, -0.2) is 59.3 Å². The number of nitrogens with one attached hydrogen (secondary N) is 1. The van der Waals surface area contributed by atoms with Crippen molar-refractivity contribution in [1.82, 2.24) is 15.1 Å². The van der Waals surface area contributed by atoms with Gasteiger partial charge in [0, 0.05) is 31.7 Å². The van der Waals surface area contributed by atoms with Gasteiger partial charge in [0.05, 0.1) is 0 Å². The number of carboxylic acid groups (broad SMARTS) is 1. The van der Waals surface area contributed by atoms with Crippen molar-refractivity contribution >= 4 is 6.09 Å². The molecule has 1 amide bonds. The summed E-state index contributed by atoms with van der Waals surface area (Å²) in [4.78, 5) is 15.7. The topological polar surface area (TPSA) is 55.8 Å². The third-order valence-electron chi connectivity index (χ3n) is 4.87. The summed E-state index contributed by atoms with van der Waals surface area (Å²) in [7, 11) is 0. The minimum atomic E-state index is -0.899. The summed E-state index contributed by atoms with van der Waals surface area (Å²) < 4.78 is 0. The Hall–Kier alpha value is -1.59. The van der Waals surface area contributed by atoms with Gasteiger partial charge in [0.25, 0.3) is 0 Å². The summed E-state index contributed by atoms with van der Waals surface area (Å²) in [5.41, 5.74) is 1.38. The van der Waals surface area contributed by atoms with Crippen molar-refractivity contribution in [2.45, 2.75) is 37.9 Å². The van der Waals surface area contributed by atoms with Gasteiger partial charge in [-0.25, -0.2) is 4.79 Å². The van der Waals surface area contributed by atoms with Gasteiger partial charge in [-0.05, 0) is 37.9 Å². The molecule has 0 aliphatic carbocycles. The third kappa shape index (κ3) is 3.99. The first-order valence-electron chi connectivity index (χ1n) is 8.20. The van der Waals surface area contributed by atoms with Crippen molar-refractivity contribution in [3.05, 3.63) is 35.9 Å². The first kappa shape index (κ1) is 15.3. The number of piperidine rings is 1. The number of likely N-dealkylation sites (tertiary alicyclic amines) is 2. The predicted molar refractivity (Wildman–Crippen MR) is 85.9 cm³/mol. The largest absolute Gasteiger partial charge is 0.465 e. The molecule has 0 saturated carbocycles. The predicted octanol–water partition coefficient (Wildman–Crippen LogP) is 1.99. The molecular formula is C17H25N3O2. The highest BCUT2D eigenvalue weighted by Gasteiger charge is 2.31. The van der Waals surface area contributed by atoms with Crippen molar-refractivity contribution in [2.75, 3.05) is 26.2 Å². The summed E-state index contributed by atoms with van der Waals surface area (Å²) in [5.74, 6) is 0. The molecular weight excluding hydrogens is 278 g/mol. The Labute approximate surface area is 131 Å². The molecule has 1 aromatic carbocycles. The number of hydrogen-bond acceptors (Lipinski definition) is 3. The van der Waals surface area contributed by atoms with Crippen molar-refractivity contribution in [3.63, 3.8) is 0 Å². The highest BCUT2D eigenvalue weighted by atomic mass is 16.4. The molecule has 3 rings (SSSR count). The zero-order chi connectivity index (χ0) is 15.4. The van der Waals surface area contributed by atoms with E-state index in [0.29, 0.717) is 6.04 Å². The molecule has 1 atom stereocenters. The highest BCUT2D eigenvalue weighted by molar-refractivity contribution is 5.64. The van der Waals surface area contributed by atoms with Gasteiger partial charge in [-0.1, -0.05) is 30.3 Å². The van der Waals surface area contributed by atoms with Gasteiger partial charge in [-0.2, -0.15) is 0 Å². The SMILES string of the molecule is O=C(O)NC1CCN(C2CCN(Cc3ccccc3)CC2)C1. The lowest BCUT2D eigenvalue weighted by Crippen LogP contribution is -2.45. The van der Waals surface area contributed by atoms with Crippen LogP contribution in [0.5, 0.6) is 0 Å². The number of rotatable bonds is 4. The van der Waals surface area contributed by atoms with Gasteiger partial charge < -0.3 is 10.4 Å². The van der Waals surface area contributed by atoms with E-state index in [1.54, 1.807) is 0 Å². The van der Waals surface area contributed by atoms with E-state index in [-0.39, 0.29) is 6.04 Å².